The van der Waals surface area contributed by atoms with Crippen LogP contribution in [0.15, 0.2) is 0 Å². The first kappa shape index (κ1) is 60.8. The number of carbonyl (C=O) groups excluding carboxylic acids is 2. The van der Waals surface area contributed by atoms with Gasteiger partial charge in [0.15, 0.2) is 6.10 Å². The summed E-state index contributed by atoms with van der Waals surface area (Å²) in [4.78, 5) is 99.3. The smallest absolute Gasteiger partial charge is 0.306 e. The molecule has 1 fully saturated rings. The second kappa shape index (κ2) is 28.5. The molecule has 26 nitrogen and oxygen atoms in total. The molecule has 11 atom stereocenters. The maximum absolute atomic E-state index is 12.8. The van der Waals surface area contributed by atoms with Gasteiger partial charge < -0.3 is 101 Å². The summed E-state index contributed by atoms with van der Waals surface area (Å²) in [6.07, 6.45) is -11.0. The van der Waals surface area contributed by atoms with Gasteiger partial charge in [-0.3, -0.25) is 27.8 Å². The van der Waals surface area contributed by atoms with Crippen LogP contribution in [0.3, 0.4) is 0 Å². The van der Waals surface area contributed by atoms with E-state index in [4.69, 9.17) is 28.7 Å². The molecule has 0 radical (unpaired) electrons. The van der Waals surface area contributed by atoms with Crippen molar-refractivity contribution in [1.82, 2.24) is 24.6 Å². The van der Waals surface area contributed by atoms with Crippen molar-refractivity contribution in [2.45, 2.75) is 134 Å². The largest absolute Gasteiger partial charge is 0.756 e. The lowest BCUT2D eigenvalue weighted by atomic mass is 9.85. The van der Waals surface area contributed by atoms with Gasteiger partial charge >= 0.3 is 11.9 Å². The Morgan fingerprint density at radius 2 is 0.945 bits per heavy atom. The zero-order chi connectivity index (χ0) is 39.0. The Morgan fingerprint density at radius 3 is 1.35 bits per heavy atom. The van der Waals surface area contributed by atoms with E-state index in [0.29, 0.717) is 19.3 Å². The van der Waals surface area contributed by atoms with Crippen molar-refractivity contribution >= 4 is 43.2 Å². The van der Waals surface area contributed by atoms with Gasteiger partial charge in [-0.15, -0.1) is 0 Å². The molecule has 0 amide bonds. The average molecular weight is 895 g/mol. The van der Waals surface area contributed by atoms with Crippen LogP contribution < -0.4 is 44.2 Å². The lowest BCUT2D eigenvalue weighted by Crippen LogP contribution is -2.66. The molecule has 30 heteroatoms. The molecule has 0 saturated heterocycles. The van der Waals surface area contributed by atoms with E-state index in [9.17, 15) is 57.6 Å². The lowest BCUT2D eigenvalue weighted by molar-refractivity contribution is -0.286. The minimum atomic E-state index is -6.07. The number of hydrogen-bond donors (Lipinski definition) is 9. The van der Waals surface area contributed by atoms with Gasteiger partial charge in [0, 0.05) is 12.8 Å². The maximum Gasteiger partial charge on any atom is 0.306 e. The summed E-state index contributed by atoms with van der Waals surface area (Å²) in [6, 6.07) is 0. The van der Waals surface area contributed by atoms with E-state index in [-0.39, 0.29) is 37.4 Å². The SMILES string of the molecule is CCCCCCCC(=O)OC[C@H](COP(=O)([O-])OC1C(O)C(OP(=O)([O-])O)C(OP(=O)([O-])O)[C@@H](OP(=O)([O-])O)C1O)OC(=O)CCCCCCC.[NH4+].[NH4+].[NH4+].[NH4+]. The molecule has 0 heterocycles. The number of carbonyl (C=O) groups is 2. The number of quaternary nitrogens is 4. The summed E-state index contributed by atoms with van der Waals surface area (Å²) in [5.41, 5.74) is 0. The molecule has 21 N–H and O–H groups in total. The highest BCUT2D eigenvalue weighted by Crippen LogP contribution is 2.50. The third-order valence-corrected chi connectivity index (χ3v) is 9.62. The van der Waals surface area contributed by atoms with Crippen LogP contribution in [0.5, 0.6) is 0 Å². The molecule has 0 aromatic heterocycles. The molecule has 334 valence electrons. The summed E-state index contributed by atoms with van der Waals surface area (Å²) in [7, 11) is -24.1. The summed E-state index contributed by atoms with van der Waals surface area (Å²) in [5, 5.41) is 21.3. The van der Waals surface area contributed by atoms with Crippen LogP contribution in [0.1, 0.15) is 90.9 Å². The third-order valence-electron chi connectivity index (χ3n) is 7.13. The van der Waals surface area contributed by atoms with E-state index in [1.165, 1.54) is 0 Å². The Balaban J connectivity index is -0.00000325. The topological polar surface area (TPSA) is 506 Å². The molecule has 1 saturated carbocycles. The van der Waals surface area contributed by atoms with Gasteiger partial charge in [-0.2, -0.15) is 0 Å². The maximum atomic E-state index is 12.8. The molecule has 0 spiro atoms. The van der Waals surface area contributed by atoms with Gasteiger partial charge in [-0.25, -0.2) is 0 Å². The van der Waals surface area contributed by atoms with Crippen LogP contribution in [0.2, 0.25) is 0 Å². The second-order valence-electron chi connectivity index (χ2n) is 11.5. The van der Waals surface area contributed by atoms with E-state index < -0.39 is 99.2 Å². The molecular formula is C25H62N4O22P4. The highest BCUT2D eigenvalue weighted by Gasteiger charge is 2.56. The zero-order valence-corrected chi connectivity index (χ0v) is 35.5. The molecule has 1 aliphatic carbocycles. The summed E-state index contributed by atoms with van der Waals surface area (Å²) in [5.74, 6) is -1.50. The molecule has 0 aromatic rings. The van der Waals surface area contributed by atoms with Crippen molar-refractivity contribution in [1.29, 1.82) is 0 Å². The average Bonchev–Trinajstić information content (AvgIpc) is 2.99. The molecule has 0 aromatic carbocycles. The number of aliphatic hydroxyl groups is 2. The van der Waals surface area contributed by atoms with Crippen molar-refractivity contribution < 1.29 is 104 Å². The first-order valence-electron chi connectivity index (χ1n) is 16.0. The molecule has 1 aliphatic rings. The Hall–Kier alpha value is -0.860. The molecule has 1 rings (SSSR count). The Labute approximate surface area is 318 Å². The number of phosphoric acid groups is 4. The fraction of sp³-hybridized carbons (Fsp3) is 0.920. The predicted molar refractivity (Wildman–Crippen MR) is 186 cm³/mol. The van der Waals surface area contributed by atoms with Gasteiger partial charge in [0.05, 0.1) is 6.61 Å². The quantitative estimate of drug-likeness (QED) is 0.0329. The van der Waals surface area contributed by atoms with Crippen LogP contribution in [0.25, 0.3) is 0 Å². The molecular weight excluding hydrogens is 832 g/mol. The monoisotopic (exact) mass is 894 g/mol. The van der Waals surface area contributed by atoms with Crippen LogP contribution in [0.4, 0.5) is 0 Å². The van der Waals surface area contributed by atoms with Crippen molar-refractivity contribution in [3.63, 3.8) is 0 Å². The van der Waals surface area contributed by atoms with E-state index in [0.717, 1.165) is 44.9 Å². The van der Waals surface area contributed by atoms with Gasteiger partial charge in [-0.1, -0.05) is 65.2 Å². The van der Waals surface area contributed by atoms with Crippen LogP contribution in [0, 0.1) is 0 Å². The number of rotatable bonds is 26. The third kappa shape index (κ3) is 26.7. The number of phosphoric ester groups is 4. The molecule has 9 unspecified atom stereocenters. The first-order valence-corrected chi connectivity index (χ1v) is 21.9. The van der Waals surface area contributed by atoms with E-state index in [1.807, 2.05) is 13.8 Å². The summed E-state index contributed by atoms with van der Waals surface area (Å²) < 4.78 is 79.1. The Bertz CT molecular complexity index is 1230. The molecule has 0 aliphatic heterocycles. The summed E-state index contributed by atoms with van der Waals surface area (Å²) in [6.45, 7) is 2.22. The Kier molecular flexibility index (Phi) is 31.6. The Morgan fingerprint density at radius 1 is 0.564 bits per heavy atom. The predicted octanol–water partition coefficient (Wildman–Crippen LogP) is 0.811. The van der Waals surface area contributed by atoms with Crippen LogP contribution >= 0.6 is 31.3 Å². The highest BCUT2D eigenvalue weighted by atomic mass is 31.2. The van der Waals surface area contributed by atoms with Crippen molar-refractivity contribution in [2.75, 3.05) is 13.2 Å². The van der Waals surface area contributed by atoms with Crippen LogP contribution in [-0.4, -0.2) is 92.8 Å². The van der Waals surface area contributed by atoms with Crippen molar-refractivity contribution in [3.05, 3.63) is 0 Å². The number of hydrogen-bond acceptors (Lipinski definition) is 19. The number of esters is 2. The number of ether oxygens (including phenoxy) is 2. The summed E-state index contributed by atoms with van der Waals surface area (Å²) >= 11 is 0. The fourth-order valence-electron chi connectivity index (χ4n) is 4.82. The second-order valence-corrected chi connectivity index (χ2v) is 16.3. The standard InChI is InChI=1S/C25H50O22P4.4H3N/c1-3-5-7-9-11-13-18(26)41-15-17(43-19(27)14-12-10-8-6-4-2)16-42-51(39,40)47-22-20(28)23(44-48(30,31)32)25(46-50(36,37)38)24(21(22)29)45-49(33,34)35;;;;/h17,20-25,28-29H,3-16H2,1-2H3,(H,39,40)(H2,30,31,32)(H2,33,34,35)(H2,36,37,38);4*1H3/t17-,20?,21?,22?,23+,24?,25?;;;;/m1..../s1. The fourth-order valence-corrected chi connectivity index (χ4v) is 7.43. The van der Waals surface area contributed by atoms with Gasteiger partial charge in [-0.05, 0) is 12.8 Å². The number of aliphatic hydroxyl groups excluding tert-OH is 2. The minimum Gasteiger partial charge on any atom is -0.756 e. The minimum absolute atomic E-state index is 0. The normalized spacial score (nSPS) is 25.7. The van der Waals surface area contributed by atoms with E-state index >= 15 is 0 Å². The number of unbranched alkanes of at least 4 members (excludes halogenated alkanes) is 8. The molecule has 0 bridgehead atoms. The van der Waals surface area contributed by atoms with Crippen molar-refractivity contribution in [2.24, 2.45) is 0 Å². The van der Waals surface area contributed by atoms with Crippen LogP contribution in [-0.2, 0) is 59.9 Å². The van der Waals surface area contributed by atoms with E-state index in [2.05, 4.69) is 18.1 Å². The first-order chi connectivity index (χ1) is 23.5. The van der Waals surface area contributed by atoms with Crippen molar-refractivity contribution in [3.8, 4) is 0 Å². The van der Waals surface area contributed by atoms with Gasteiger partial charge in [0.25, 0.3) is 31.3 Å². The van der Waals surface area contributed by atoms with E-state index in [1.54, 1.807) is 0 Å². The highest BCUT2D eigenvalue weighted by molar-refractivity contribution is 7.46. The van der Waals surface area contributed by atoms with Gasteiger partial charge in [0.2, 0.25) is 0 Å². The zero-order valence-electron chi connectivity index (χ0n) is 31.9. The lowest BCUT2D eigenvalue weighted by Gasteiger charge is -2.49. The molecule has 55 heavy (non-hydrogen) atoms. The van der Waals surface area contributed by atoms with Gasteiger partial charge in [0.1, 0.15) is 43.2 Å².